The second-order valence-electron chi connectivity index (χ2n) is 5.23. The predicted molar refractivity (Wildman–Crippen MR) is 85.2 cm³/mol. The minimum Gasteiger partial charge on any atom is -0.295 e. The predicted octanol–water partition coefficient (Wildman–Crippen LogP) is 5.12. The summed E-state index contributed by atoms with van der Waals surface area (Å²) < 4.78 is 14.3. The van der Waals surface area contributed by atoms with E-state index in [1.54, 1.807) is 6.07 Å². The quantitative estimate of drug-likeness (QED) is 0.628. The number of nitrogens with zero attached hydrogens (tertiary/aromatic N) is 1. The third kappa shape index (κ3) is 4.83. The number of hydrogen-bond donors (Lipinski definition) is 0. The van der Waals surface area contributed by atoms with Gasteiger partial charge in [-0.05, 0) is 36.6 Å². The molecule has 1 fully saturated rings. The summed E-state index contributed by atoms with van der Waals surface area (Å²) in [5.41, 5.74) is 1.05. The first-order chi connectivity index (χ1) is 9.19. The van der Waals surface area contributed by atoms with Crippen LogP contribution in [0.15, 0.2) is 22.7 Å². The summed E-state index contributed by atoms with van der Waals surface area (Å²) in [7, 11) is 0. The van der Waals surface area contributed by atoms with Crippen molar-refractivity contribution < 1.29 is 4.39 Å². The first-order valence-electron chi connectivity index (χ1n) is 6.94. The van der Waals surface area contributed by atoms with Gasteiger partial charge in [0.05, 0.1) is 0 Å². The van der Waals surface area contributed by atoms with Gasteiger partial charge in [-0.1, -0.05) is 51.1 Å². The monoisotopic (exact) mass is 391 g/mol. The smallest absolute Gasteiger partial charge is 0.124 e. The highest BCUT2D eigenvalue weighted by molar-refractivity contribution is 9.10. The first-order valence-corrected chi connectivity index (χ1v) is 8.85. The molecule has 0 bridgehead atoms. The maximum atomic E-state index is 13.4. The molecule has 1 aliphatic rings. The van der Waals surface area contributed by atoms with Crippen LogP contribution in [0, 0.1) is 5.82 Å². The second kappa shape index (κ2) is 7.75. The number of alkyl halides is 1. The van der Waals surface area contributed by atoms with E-state index in [0.717, 1.165) is 28.5 Å². The first kappa shape index (κ1) is 15.5. The molecule has 1 saturated carbocycles. The van der Waals surface area contributed by atoms with Crippen molar-refractivity contribution in [2.75, 3.05) is 11.9 Å². The molecular formula is C15H20Br2FN. The highest BCUT2D eigenvalue weighted by Crippen LogP contribution is 2.25. The number of benzene rings is 1. The van der Waals surface area contributed by atoms with Crippen LogP contribution in [-0.4, -0.2) is 22.8 Å². The van der Waals surface area contributed by atoms with Gasteiger partial charge in [0.2, 0.25) is 0 Å². The molecule has 1 aromatic carbocycles. The minimum atomic E-state index is -0.160. The summed E-state index contributed by atoms with van der Waals surface area (Å²) in [5, 5.41) is 0.972. The molecule has 4 heteroatoms. The molecule has 0 saturated heterocycles. The Labute approximate surface area is 131 Å². The molecule has 0 amide bonds. The SMILES string of the molecule is Fc1cc(Br)cc(CN(CCBr)C2CCCCC2)c1. The van der Waals surface area contributed by atoms with E-state index in [2.05, 4.69) is 36.8 Å². The normalized spacial score (nSPS) is 17.1. The maximum Gasteiger partial charge on any atom is 0.124 e. The lowest BCUT2D eigenvalue weighted by Crippen LogP contribution is -2.37. The van der Waals surface area contributed by atoms with Crippen LogP contribution in [0.3, 0.4) is 0 Å². The molecule has 19 heavy (non-hydrogen) atoms. The van der Waals surface area contributed by atoms with Crippen LogP contribution in [0.4, 0.5) is 4.39 Å². The fraction of sp³-hybridized carbons (Fsp3) is 0.600. The van der Waals surface area contributed by atoms with Gasteiger partial charge in [-0.15, -0.1) is 0 Å². The third-order valence-electron chi connectivity index (χ3n) is 3.77. The Bertz CT molecular complexity index is 385. The Morgan fingerprint density at radius 1 is 1.16 bits per heavy atom. The van der Waals surface area contributed by atoms with Gasteiger partial charge >= 0.3 is 0 Å². The second-order valence-corrected chi connectivity index (χ2v) is 6.94. The van der Waals surface area contributed by atoms with Gasteiger partial charge in [0.1, 0.15) is 5.82 Å². The molecule has 1 nitrogen and oxygen atoms in total. The Hall–Kier alpha value is 0.0700. The van der Waals surface area contributed by atoms with Crippen molar-refractivity contribution in [2.45, 2.75) is 44.7 Å². The number of halogens is 3. The van der Waals surface area contributed by atoms with E-state index >= 15 is 0 Å². The van der Waals surface area contributed by atoms with E-state index < -0.39 is 0 Å². The van der Waals surface area contributed by atoms with Crippen LogP contribution < -0.4 is 0 Å². The zero-order valence-electron chi connectivity index (χ0n) is 11.0. The molecule has 0 N–H and O–H groups in total. The van der Waals surface area contributed by atoms with Crippen LogP contribution in [0.25, 0.3) is 0 Å². The van der Waals surface area contributed by atoms with E-state index in [0.29, 0.717) is 6.04 Å². The van der Waals surface area contributed by atoms with Gasteiger partial charge in [0.25, 0.3) is 0 Å². The topological polar surface area (TPSA) is 3.24 Å². The van der Waals surface area contributed by atoms with Gasteiger partial charge in [-0.3, -0.25) is 4.90 Å². The van der Waals surface area contributed by atoms with Gasteiger partial charge in [-0.25, -0.2) is 4.39 Å². The molecule has 0 radical (unpaired) electrons. The Kier molecular flexibility index (Phi) is 6.30. The van der Waals surface area contributed by atoms with Crippen molar-refractivity contribution in [1.82, 2.24) is 4.90 Å². The van der Waals surface area contributed by atoms with Crippen molar-refractivity contribution in [2.24, 2.45) is 0 Å². The zero-order valence-corrected chi connectivity index (χ0v) is 14.2. The van der Waals surface area contributed by atoms with Gasteiger partial charge in [0.15, 0.2) is 0 Å². The van der Waals surface area contributed by atoms with Crippen LogP contribution in [-0.2, 0) is 6.54 Å². The molecule has 0 heterocycles. The van der Waals surface area contributed by atoms with Crippen molar-refractivity contribution >= 4 is 31.9 Å². The molecule has 1 aromatic rings. The zero-order chi connectivity index (χ0) is 13.7. The third-order valence-corrected chi connectivity index (χ3v) is 4.58. The molecule has 0 aliphatic heterocycles. The Balaban J connectivity index is 2.06. The van der Waals surface area contributed by atoms with Crippen molar-refractivity contribution in [3.8, 4) is 0 Å². The van der Waals surface area contributed by atoms with E-state index in [9.17, 15) is 4.39 Å². The molecule has 0 aromatic heterocycles. The molecule has 106 valence electrons. The van der Waals surface area contributed by atoms with Crippen LogP contribution in [0.2, 0.25) is 0 Å². The van der Waals surface area contributed by atoms with Crippen molar-refractivity contribution in [1.29, 1.82) is 0 Å². The lowest BCUT2D eigenvalue weighted by molar-refractivity contribution is 0.157. The molecule has 0 unspecified atom stereocenters. The Morgan fingerprint density at radius 2 is 1.89 bits per heavy atom. The summed E-state index contributed by atoms with van der Waals surface area (Å²) in [6, 6.07) is 5.84. The highest BCUT2D eigenvalue weighted by Gasteiger charge is 2.20. The van der Waals surface area contributed by atoms with Crippen LogP contribution >= 0.6 is 31.9 Å². The van der Waals surface area contributed by atoms with E-state index in [-0.39, 0.29) is 5.82 Å². The lowest BCUT2D eigenvalue weighted by atomic mass is 9.94. The number of rotatable bonds is 5. The molecule has 2 rings (SSSR count). The maximum absolute atomic E-state index is 13.4. The van der Waals surface area contributed by atoms with Crippen molar-refractivity contribution in [3.05, 3.63) is 34.1 Å². The fourth-order valence-electron chi connectivity index (χ4n) is 2.88. The van der Waals surface area contributed by atoms with E-state index in [1.165, 1.54) is 38.2 Å². The van der Waals surface area contributed by atoms with Gasteiger partial charge in [-0.2, -0.15) is 0 Å². The summed E-state index contributed by atoms with van der Waals surface area (Å²) >= 11 is 6.90. The molecule has 0 spiro atoms. The van der Waals surface area contributed by atoms with Gasteiger partial charge < -0.3 is 0 Å². The highest BCUT2D eigenvalue weighted by atomic mass is 79.9. The van der Waals surface area contributed by atoms with Crippen LogP contribution in [0.5, 0.6) is 0 Å². The van der Waals surface area contributed by atoms with E-state index in [4.69, 9.17) is 0 Å². The van der Waals surface area contributed by atoms with Crippen LogP contribution in [0.1, 0.15) is 37.7 Å². The minimum absolute atomic E-state index is 0.160. The summed E-state index contributed by atoms with van der Waals surface area (Å²) in [6.07, 6.45) is 6.59. The molecule has 1 aliphatic carbocycles. The fourth-order valence-corrected chi connectivity index (χ4v) is 3.85. The largest absolute Gasteiger partial charge is 0.295 e. The summed E-state index contributed by atoms with van der Waals surface area (Å²) in [6.45, 7) is 1.87. The van der Waals surface area contributed by atoms with E-state index in [1.807, 2.05) is 6.07 Å². The molecule has 0 atom stereocenters. The van der Waals surface area contributed by atoms with Gasteiger partial charge in [0, 0.05) is 28.9 Å². The average Bonchev–Trinajstić information content (AvgIpc) is 2.38. The lowest BCUT2D eigenvalue weighted by Gasteiger charge is -2.34. The molecular weight excluding hydrogens is 373 g/mol. The van der Waals surface area contributed by atoms with Crippen molar-refractivity contribution in [3.63, 3.8) is 0 Å². The Morgan fingerprint density at radius 3 is 2.53 bits per heavy atom. The summed E-state index contributed by atoms with van der Waals surface area (Å²) in [4.78, 5) is 2.50. The number of hydrogen-bond acceptors (Lipinski definition) is 1. The average molecular weight is 393 g/mol. The summed E-state index contributed by atoms with van der Waals surface area (Å²) in [5.74, 6) is -0.160. The standard InChI is InChI=1S/C15H20Br2FN/c16-6-7-19(15-4-2-1-3-5-15)11-12-8-13(17)10-14(18)9-12/h8-10,15H,1-7,11H2.